The van der Waals surface area contributed by atoms with Crippen LogP contribution in [-0.4, -0.2) is 26.6 Å². The van der Waals surface area contributed by atoms with Gasteiger partial charge in [0.05, 0.1) is 28.6 Å². The van der Waals surface area contributed by atoms with Crippen molar-refractivity contribution in [3.8, 4) is 11.1 Å². The van der Waals surface area contributed by atoms with Crippen molar-refractivity contribution in [3.63, 3.8) is 0 Å². The topological polar surface area (TPSA) is 44.8 Å². The van der Waals surface area contributed by atoms with Crippen molar-refractivity contribution in [2.24, 2.45) is 0 Å². The summed E-state index contributed by atoms with van der Waals surface area (Å²) in [7, 11) is 0. The Bertz CT molecular complexity index is 878. The van der Waals surface area contributed by atoms with Gasteiger partial charge in [-0.25, -0.2) is 4.39 Å². The second-order valence-electron chi connectivity index (χ2n) is 6.66. The molecule has 3 aromatic rings. The number of pyridine rings is 1. The Morgan fingerprint density at radius 1 is 1.19 bits per heavy atom. The molecule has 1 N–H and O–H groups in total. The van der Waals surface area contributed by atoms with Gasteiger partial charge in [0.1, 0.15) is 5.82 Å². The number of likely N-dealkylation sites (tertiary alicyclic amines) is 1. The van der Waals surface area contributed by atoms with Gasteiger partial charge in [0.2, 0.25) is 0 Å². The minimum atomic E-state index is -0.236. The fourth-order valence-corrected chi connectivity index (χ4v) is 3.76. The molecule has 4 rings (SSSR count). The molecule has 1 atom stereocenters. The van der Waals surface area contributed by atoms with E-state index in [0.29, 0.717) is 5.02 Å². The molecule has 1 aliphatic heterocycles. The van der Waals surface area contributed by atoms with Gasteiger partial charge in [-0.3, -0.25) is 15.0 Å². The molecule has 2 aromatic heterocycles. The van der Waals surface area contributed by atoms with E-state index in [1.54, 1.807) is 24.5 Å². The van der Waals surface area contributed by atoms with Gasteiger partial charge in [-0.15, -0.1) is 0 Å². The molecular formula is C20H20ClFN4. The number of nitrogens with one attached hydrogen (secondary N) is 1. The van der Waals surface area contributed by atoms with Crippen molar-refractivity contribution in [3.05, 3.63) is 71.0 Å². The number of hydrogen-bond donors (Lipinski definition) is 1. The molecule has 0 amide bonds. The summed E-state index contributed by atoms with van der Waals surface area (Å²) < 4.78 is 13.7. The van der Waals surface area contributed by atoms with E-state index in [-0.39, 0.29) is 11.9 Å². The van der Waals surface area contributed by atoms with Crippen LogP contribution < -0.4 is 0 Å². The average molecular weight is 371 g/mol. The highest BCUT2D eigenvalue weighted by molar-refractivity contribution is 6.30. The predicted molar refractivity (Wildman–Crippen MR) is 100 cm³/mol. The van der Waals surface area contributed by atoms with Crippen LogP contribution in [0.15, 0.2) is 48.8 Å². The number of nitrogens with zero attached hydrogens (tertiary/aromatic N) is 3. The Morgan fingerprint density at radius 2 is 2.12 bits per heavy atom. The van der Waals surface area contributed by atoms with Crippen LogP contribution in [0, 0.1) is 5.82 Å². The molecule has 1 aromatic carbocycles. The summed E-state index contributed by atoms with van der Waals surface area (Å²) in [5, 5.41) is 8.06. The van der Waals surface area contributed by atoms with Crippen molar-refractivity contribution < 1.29 is 4.39 Å². The number of piperidine rings is 1. The molecule has 0 aliphatic carbocycles. The third-order valence-electron chi connectivity index (χ3n) is 4.91. The molecule has 4 nitrogen and oxygen atoms in total. The van der Waals surface area contributed by atoms with Gasteiger partial charge in [-0.2, -0.15) is 5.10 Å². The van der Waals surface area contributed by atoms with Crippen LogP contribution in [0.5, 0.6) is 0 Å². The highest BCUT2D eigenvalue weighted by Crippen LogP contribution is 2.36. The van der Waals surface area contributed by atoms with Crippen LogP contribution in [0.1, 0.15) is 36.7 Å². The van der Waals surface area contributed by atoms with E-state index in [1.807, 2.05) is 18.2 Å². The summed E-state index contributed by atoms with van der Waals surface area (Å²) in [4.78, 5) is 6.84. The Hall–Kier alpha value is -2.24. The predicted octanol–water partition coefficient (Wildman–Crippen LogP) is 4.99. The monoisotopic (exact) mass is 370 g/mol. The van der Waals surface area contributed by atoms with Gasteiger partial charge >= 0.3 is 0 Å². The maximum atomic E-state index is 13.7. The van der Waals surface area contributed by atoms with Crippen molar-refractivity contribution in [2.75, 3.05) is 6.54 Å². The van der Waals surface area contributed by atoms with Crippen LogP contribution in [0.25, 0.3) is 11.1 Å². The van der Waals surface area contributed by atoms with E-state index in [4.69, 9.17) is 11.6 Å². The number of benzene rings is 1. The number of hydrogen-bond acceptors (Lipinski definition) is 3. The van der Waals surface area contributed by atoms with E-state index < -0.39 is 0 Å². The second-order valence-corrected chi connectivity index (χ2v) is 7.09. The molecule has 1 unspecified atom stereocenters. The maximum absolute atomic E-state index is 13.7. The van der Waals surface area contributed by atoms with Gasteiger partial charge < -0.3 is 0 Å². The summed E-state index contributed by atoms with van der Waals surface area (Å²) in [6.45, 7) is 1.75. The highest BCUT2D eigenvalue weighted by atomic mass is 35.5. The molecule has 0 spiro atoms. The number of aromatic nitrogens is 3. The van der Waals surface area contributed by atoms with Gasteiger partial charge in [-0.1, -0.05) is 30.2 Å². The quantitative estimate of drug-likeness (QED) is 0.703. The number of rotatable bonds is 4. The van der Waals surface area contributed by atoms with E-state index in [1.165, 1.54) is 6.07 Å². The van der Waals surface area contributed by atoms with Crippen LogP contribution in [0.2, 0.25) is 5.02 Å². The van der Waals surface area contributed by atoms with Gasteiger partial charge in [0, 0.05) is 18.3 Å². The summed E-state index contributed by atoms with van der Waals surface area (Å²) in [6.07, 6.45) is 6.84. The third kappa shape index (κ3) is 3.64. The zero-order chi connectivity index (χ0) is 17.9. The van der Waals surface area contributed by atoms with Crippen LogP contribution in [0.3, 0.4) is 0 Å². The molecule has 1 aliphatic rings. The highest BCUT2D eigenvalue weighted by Gasteiger charge is 2.28. The lowest BCUT2D eigenvalue weighted by Gasteiger charge is -2.35. The first kappa shape index (κ1) is 17.2. The fraction of sp³-hybridized carbons (Fsp3) is 0.300. The Morgan fingerprint density at radius 3 is 2.92 bits per heavy atom. The first-order valence-electron chi connectivity index (χ1n) is 8.84. The van der Waals surface area contributed by atoms with E-state index in [2.05, 4.69) is 20.1 Å². The summed E-state index contributed by atoms with van der Waals surface area (Å²) >= 11 is 5.95. The minimum Gasteiger partial charge on any atom is -0.289 e. The lowest BCUT2D eigenvalue weighted by Crippen LogP contribution is -2.33. The molecule has 134 valence electrons. The number of halogens is 2. The number of aromatic amines is 1. The smallest absolute Gasteiger partial charge is 0.123 e. The van der Waals surface area contributed by atoms with Crippen LogP contribution in [0.4, 0.5) is 4.39 Å². The maximum Gasteiger partial charge on any atom is 0.123 e. The van der Waals surface area contributed by atoms with E-state index >= 15 is 0 Å². The summed E-state index contributed by atoms with van der Waals surface area (Å²) in [6, 6.07) is 10.7. The zero-order valence-electron chi connectivity index (χ0n) is 14.3. The normalized spacial score (nSPS) is 18.2. The first-order valence-corrected chi connectivity index (χ1v) is 9.22. The molecule has 26 heavy (non-hydrogen) atoms. The second kappa shape index (κ2) is 7.56. The van der Waals surface area contributed by atoms with Crippen molar-refractivity contribution in [2.45, 2.75) is 31.8 Å². The third-order valence-corrected chi connectivity index (χ3v) is 5.13. The molecule has 1 fully saturated rings. The number of H-pyrrole nitrogens is 1. The zero-order valence-corrected chi connectivity index (χ0v) is 15.1. The molecule has 0 radical (unpaired) electrons. The van der Waals surface area contributed by atoms with Crippen molar-refractivity contribution >= 4 is 11.6 Å². The molecule has 1 saturated heterocycles. The first-order chi connectivity index (χ1) is 12.7. The Balaban J connectivity index is 1.63. The lowest BCUT2D eigenvalue weighted by molar-refractivity contribution is 0.136. The van der Waals surface area contributed by atoms with Crippen molar-refractivity contribution in [1.82, 2.24) is 20.1 Å². The Labute approximate surface area is 157 Å². The van der Waals surface area contributed by atoms with Gasteiger partial charge in [0.15, 0.2) is 0 Å². The van der Waals surface area contributed by atoms with Crippen molar-refractivity contribution in [1.29, 1.82) is 0 Å². The summed E-state index contributed by atoms with van der Waals surface area (Å²) in [5.41, 5.74) is 3.85. The SMILES string of the molecule is Fc1cccc(-c2cn[nH]c2C2CCCCN2Cc2ccc(Cl)cn2)c1. The molecule has 6 heteroatoms. The van der Waals surface area contributed by atoms with Crippen LogP contribution >= 0.6 is 11.6 Å². The largest absolute Gasteiger partial charge is 0.289 e. The van der Waals surface area contributed by atoms with E-state index in [9.17, 15) is 4.39 Å². The van der Waals surface area contributed by atoms with Crippen LogP contribution in [-0.2, 0) is 6.54 Å². The molecule has 3 heterocycles. The minimum absolute atomic E-state index is 0.210. The van der Waals surface area contributed by atoms with Gasteiger partial charge in [0.25, 0.3) is 0 Å². The molecule has 0 bridgehead atoms. The van der Waals surface area contributed by atoms with E-state index in [0.717, 1.165) is 54.9 Å². The Kier molecular flexibility index (Phi) is 5.00. The lowest BCUT2D eigenvalue weighted by atomic mass is 9.94. The summed E-state index contributed by atoms with van der Waals surface area (Å²) in [5.74, 6) is -0.236. The average Bonchev–Trinajstić information content (AvgIpc) is 3.14. The molecule has 0 saturated carbocycles. The standard InChI is InChI=1S/C20H20ClFN4/c21-15-7-8-17(23-11-15)13-26-9-2-1-6-19(26)20-18(12-24-25-20)14-4-3-5-16(22)10-14/h3-5,7-8,10-12,19H,1-2,6,9,13H2,(H,24,25). The molecular weight excluding hydrogens is 351 g/mol. The van der Waals surface area contributed by atoms with Gasteiger partial charge in [-0.05, 0) is 49.2 Å². The fourth-order valence-electron chi connectivity index (χ4n) is 3.65.